The first-order chi connectivity index (χ1) is 9.70. The SMILES string of the molecule is Cc1ccc(Cl)cc1N([C@H](C)C(=O)NC1CC1)S(C)(=O)=O. The molecule has 0 heterocycles. The van der Waals surface area contributed by atoms with Gasteiger partial charge < -0.3 is 5.32 Å². The Morgan fingerprint density at radius 3 is 2.57 bits per heavy atom. The first-order valence-electron chi connectivity index (χ1n) is 6.76. The number of benzene rings is 1. The quantitative estimate of drug-likeness (QED) is 0.899. The summed E-state index contributed by atoms with van der Waals surface area (Å²) in [6.45, 7) is 3.37. The molecule has 1 aromatic carbocycles. The maximum absolute atomic E-state index is 12.2. The molecule has 1 atom stereocenters. The van der Waals surface area contributed by atoms with E-state index in [1.165, 1.54) is 0 Å². The largest absolute Gasteiger partial charge is 0.352 e. The van der Waals surface area contributed by atoms with Gasteiger partial charge in [0.05, 0.1) is 11.9 Å². The molecule has 1 fully saturated rings. The molecule has 0 bridgehead atoms. The lowest BCUT2D eigenvalue weighted by Crippen LogP contribution is -2.48. The minimum absolute atomic E-state index is 0.182. The number of amides is 1. The molecule has 0 radical (unpaired) electrons. The van der Waals surface area contributed by atoms with Crippen LogP contribution in [0.25, 0.3) is 0 Å². The Kier molecular flexibility index (Phi) is 4.49. The van der Waals surface area contributed by atoms with Crippen molar-refractivity contribution in [3.63, 3.8) is 0 Å². The lowest BCUT2D eigenvalue weighted by Gasteiger charge is -2.29. The molecule has 1 aliphatic rings. The Morgan fingerprint density at radius 2 is 2.05 bits per heavy atom. The van der Waals surface area contributed by atoms with Gasteiger partial charge in [-0.25, -0.2) is 8.42 Å². The van der Waals surface area contributed by atoms with Crippen LogP contribution in [0.1, 0.15) is 25.3 Å². The van der Waals surface area contributed by atoms with E-state index >= 15 is 0 Å². The summed E-state index contributed by atoms with van der Waals surface area (Å²) < 4.78 is 25.4. The van der Waals surface area contributed by atoms with Gasteiger partial charge in [0.1, 0.15) is 6.04 Å². The van der Waals surface area contributed by atoms with Crippen LogP contribution in [0.3, 0.4) is 0 Å². The Hall–Kier alpha value is -1.27. The molecule has 7 heteroatoms. The number of halogens is 1. The van der Waals surface area contributed by atoms with E-state index in [-0.39, 0.29) is 11.9 Å². The van der Waals surface area contributed by atoms with Crippen LogP contribution in [0, 0.1) is 6.92 Å². The lowest BCUT2D eigenvalue weighted by molar-refractivity contribution is -0.121. The number of sulfonamides is 1. The average Bonchev–Trinajstić information content (AvgIpc) is 3.16. The summed E-state index contributed by atoms with van der Waals surface area (Å²) >= 11 is 5.97. The smallest absolute Gasteiger partial charge is 0.243 e. The van der Waals surface area contributed by atoms with Crippen molar-refractivity contribution in [2.24, 2.45) is 0 Å². The van der Waals surface area contributed by atoms with Gasteiger partial charge >= 0.3 is 0 Å². The van der Waals surface area contributed by atoms with E-state index in [0.717, 1.165) is 29.0 Å². The van der Waals surface area contributed by atoms with Crippen LogP contribution in [0.2, 0.25) is 5.02 Å². The van der Waals surface area contributed by atoms with Crippen LogP contribution in [-0.2, 0) is 14.8 Å². The van der Waals surface area contributed by atoms with E-state index in [9.17, 15) is 13.2 Å². The summed E-state index contributed by atoms with van der Waals surface area (Å²) in [7, 11) is -3.60. The van der Waals surface area contributed by atoms with Gasteiger partial charge in [-0.05, 0) is 44.4 Å². The third-order valence-corrected chi connectivity index (χ3v) is 4.88. The molecular formula is C14H19ClN2O3S. The van der Waals surface area contributed by atoms with E-state index < -0.39 is 16.1 Å². The molecular weight excluding hydrogens is 312 g/mol. The highest BCUT2D eigenvalue weighted by molar-refractivity contribution is 7.92. The number of nitrogens with zero attached hydrogens (tertiary/aromatic N) is 1. The van der Waals surface area contributed by atoms with Gasteiger partial charge in [0.25, 0.3) is 0 Å². The van der Waals surface area contributed by atoms with Crippen LogP contribution >= 0.6 is 11.6 Å². The monoisotopic (exact) mass is 330 g/mol. The maximum atomic E-state index is 12.2. The molecule has 1 N–H and O–H groups in total. The zero-order chi connectivity index (χ0) is 15.8. The predicted octanol–water partition coefficient (Wildman–Crippen LogP) is 2.08. The van der Waals surface area contributed by atoms with Crippen molar-refractivity contribution >= 4 is 33.2 Å². The van der Waals surface area contributed by atoms with E-state index in [0.29, 0.717) is 10.7 Å². The second-order valence-corrected chi connectivity index (χ2v) is 7.74. The number of carbonyl (C=O) groups excluding carboxylic acids is 1. The Balaban J connectivity index is 2.38. The number of hydrogen-bond acceptors (Lipinski definition) is 3. The van der Waals surface area contributed by atoms with Crippen LogP contribution in [0.15, 0.2) is 18.2 Å². The molecule has 0 saturated heterocycles. The van der Waals surface area contributed by atoms with Crippen molar-refractivity contribution < 1.29 is 13.2 Å². The maximum Gasteiger partial charge on any atom is 0.243 e. The van der Waals surface area contributed by atoms with Crippen molar-refractivity contribution in [2.45, 2.75) is 38.8 Å². The summed E-state index contributed by atoms with van der Waals surface area (Å²) in [6, 6.07) is 4.36. The molecule has 0 spiro atoms. The predicted molar refractivity (Wildman–Crippen MR) is 84.1 cm³/mol. The molecule has 1 aromatic rings. The second-order valence-electron chi connectivity index (χ2n) is 5.45. The zero-order valence-corrected chi connectivity index (χ0v) is 13.8. The van der Waals surface area contributed by atoms with Crippen LogP contribution in [-0.4, -0.2) is 32.7 Å². The first kappa shape index (κ1) is 16.1. The molecule has 1 saturated carbocycles. The molecule has 0 unspecified atom stereocenters. The Morgan fingerprint density at radius 1 is 1.43 bits per heavy atom. The fourth-order valence-electron chi connectivity index (χ4n) is 2.15. The normalized spacial score (nSPS) is 16.4. The van der Waals surface area contributed by atoms with E-state index in [2.05, 4.69) is 5.32 Å². The summed E-state index contributed by atoms with van der Waals surface area (Å²) in [5.74, 6) is -0.290. The number of rotatable bonds is 5. The number of nitrogens with one attached hydrogen (secondary N) is 1. The van der Waals surface area contributed by atoms with Crippen molar-refractivity contribution in [3.8, 4) is 0 Å². The lowest BCUT2D eigenvalue weighted by atomic mass is 10.2. The van der Waals surface area contributed by atoms with Crippen LogP contribution in [0.4, 0.5) is 5.69 Å². The topological polar surface area (TPSA) is 66.5 Å². The molecule has 5 nitrogen and oxygen atoms in total. The summed E-state index contributed by atoms with van der Waals surface area (Å²) in [5.41, 5.74) is 1.18. The number of hydrogen-bond donors (Lipinski definition) is 1. The number of anilines is 1. The number of aryl methyl sites for hydroxylation is 1. The minimum atomic E-state index is -3.60. The fraction of sp³-hybridized carbons (Fsp3) is 0.500. The third-order valence-electron chi connectivity index (χ3n) is 3.42. The molecule has 0 aromatic heterocycles. The molecule has 21 heavy (non-hydrogen) atoms. The fourth-order valence-corrected chi connectivity index (χ4v) is 3.54. The molecule has 2 rings (SSSR count). The average molecular weight is 331 g/mol. The van der Waals surface area contributed by atoms with Gasteiger partial charge in [0.2, 0.25) is 15.9 Å². The highest BCUT2D eigenvalue weighted by atomic mass is 35.5. The summed E-state index contributed by atoms with van der Waals surface area (Å²) in [5, 5.41) is 3.26. The zero-order valence-electron chi connectivity index (χ0n) is 12.3. The molecule has 116 valence electrons. The second kappa shape index (κ2) is 5.85. The van der Waals surface area contributed by atoms with E-state index in [4.69, 9.17) is 11.6 Å². The summed E-state index contributed by atoms with van der Waals surface area (Å²) in [6.07, 6.45) is 3.00. The Labute approximate surface area is 130 Å². The summed E-state index contributed by atoms with van der Waals surface area (Å²) in [4.78, 5) is 12.2. The van der Waals surface area contributed by atoms with Gasteiger partial charge in [0, 0.05) is 11.1 Å². The van der Waals surface area contributed by atoms with Crippen molar-refractivity contribution in [2.75, 3.05) is 10.6 Å². The Bertz CT molecular complexity index is 656. The van der Waals surface area contributed by atoms with E-state index in [1.54, 1.807) is 32.0 Å². The molecule has 0 aliphatic heterocycles. The van der Waals surface area contributed by atoms with Crippen molar-refractivity contribution in [1.29, 1.82) is 0 Å². The van der Waals surface area contributed by atoms with Gasteiger partial charge in [-0.3, -0.25) is 9.10 Å². The van der Waals surface area contributed by atoms with Gasteiger partial charge in [0.15, 0.2) is 0 Å². The highest BCUT2D eigenvalue weighted by Gasteiger charge is 2.33. The number of carbonyl (C=O) groups is 1. The standard InChI is InChI=1S/C14H19ClN2O3S/c1-9-4-5-11(15)8-13(9)17(21(3,19)20)10(2)14(18)16-12-6-7-12/h4-5,8,10,12H,6-7H2,1-3H3,(H,16,18)/t10-/m1/s1. The molecule has 1 aliphatic carbocycles. The minimum Gasteiger partial charge on any atom is -0.352 e. The molecule has 1 amide bonds. The van der Waals surface area contributed by atoms with Crippen LogP contribution in [0.5, 0.6) is 0 Å². The van der Waals surface area contributed by atoms with Gasteiger partial charge in [-0.2, -0.15) is 0 Å². The van der Waals surface area contributed by atoms with Crippen LogP contribution < -0.4 is 9.62 Å². The van der Waals surface area contributed by atoms with Crippen molar-refractivity contribution in [3.05, 3.63) is 28.8 Å². The van der Waals surface area contributed by atoms with E-state index in [1.807, 2.05) is 0 Å². The van der Waals surface area contributed by atoms with Gasteiger partial charge in [-0.15, -0.1) is 0 Å². The highest BCUT2D eigenvalue weighted by Crippen LogP contribution is 2.28. The van der Waals surface area contributed by atoms with Gasteiger partial charge in [-0.1, -0.05) is 17.7 Å². The third kappa shape index (κ3) is 3.89. The van der Waals surface area contributed by atoms with Crippen molar-refractivity contribution in [1.82, 2.24) is 5.32 Å². The first-order valence-corrected chi connectivity index (χ1v) is 8.98.